The molecule has 0 amide bonds. The minimum Gasteiger partial charge on any atom is -0.490 e. The molecule has 134 valence electrons. The lowest BCUT2D eigenvalue weighted by Crippen LogP contribution is -2.13. The lowest BCUT2D eigenvalue weighted by molar-refractivity contribution is 0.254. The number of aromatic nitrogens is 2. The van der Waals surface area contributed by atoms with Crippen molar-refractivity contribution in [3.63, 3.8) is 0 Å². The smallest absolute Gasteiger partial charge is 0.262 e. The fourth-order valence-corrected chi connectivity index (χ4v) is 4.24. The number of hydrogen-bond acceptors (Lipinski definition) is 4. The van der Waals surface area contributed by atoms with Crippen molar-refractivity contribution in [1.29, 1.82) is 0 Å². The normalized spacial score (nSPS) is 16.2. The van der Waals surface area contributed by atoms with Crippen LogP contribution in [0.2, 0.25) is 0 Å². The summed E-state index contributed by atoms with van der Waals surface area (Å²) >= 11 is 0. The molecule has 0 radical (unpaired) electrons. The molecule has 1 N–H and O–H groups in total. The Balaban J connectivity index is 1.69. The molecule has 0 unspecified atom stereocenters. The first-order chi connectivity index (χ1) is 12.4. The zero-order valence-corrected chi connectivity index (χ0v) is 15.3. The Bertz CT molecular complexity index is 1060. The second-order valence-electron chi connectivity index (χ2n) is 6.44. The minimum absolute atomic E-state index is 0.0684. The van der Waals surface area contributed by atoms with Crippen molar-refractivity contribution in [2.75, 3.05) is 4.72 Å². The molecule has 2 heterocycles. The van der Waals surface area contributed by atoms with Gasteiger partial charge in [0.2, 0.25) is 0 Å². The summed E-state index contributed by atoms with van der Waals surface area (Å²) in [7, 11) is -1.97. The van der Waals surface area contributed by atoms with Crippen molar-refractivity contribution in [1.82, 2.24) is 9.78 Å². The predicted molar refractivity (Wildman–Crippen MR) is 99.7 cm³/mol. The van der Waals surface area contributed by atoms with Gasteiger partial charge in [0.05, 0.1) is 10.6 Å². The highest BCUT2D eigenvalue weighted by atomic mass is 32.2. The van der Waals surface area contributed by atoms with Gasteiger partial charge in [-0.15, -0.1) is 0 Å². The van der Waals surface area contributed by atoms with Crippen LogP contribution >= 0.6 is 0 Å². The Morgan fingerprint density at radius 3 is 2.73 bits per heavy atom. The second kappa shape index (κ2) is 6.17. The van der Waals surface area contributed by atoms with Gasteiger partial charge >= 0.3 is 0 Å². The molecule has 3 aromatic rings. The summed E-state index contributed by atoms with van der Waals surface area (Å²) < 4.78 is 35.7. The second-order valence-corrected chi connectivity index (χ2v) is 8.12. The molecule has 0 bridgehead atoms. The van der Waals surface area contributed by atoms with Crippen molar-refractivity contribution in [2.45, 2.75) is 24.3 Å². The van der Waals surface area contributed by atoms with Gasteiger partial charge in [0.15, 0.2) is 0 Å². The van der Waals surface area contributed by atoms with Crippen LogP contribution in [0.3, 0.4) is 0 Å². The van der Waals surface area contributed by atoms with Gasteiger partial charge in [-0.3, -0.25) is 9.40 Å². The molecule has 1 atom stereocenters. The lowest BCUT2D eigenvalue weighted by Gasteiger charge is -2.09. The van der Waals surface area contributed by atoms with Gasteiger partial charge in [-0.25, -0.2) is 8.42 Å². The Morgan fingerprint density at radius 2 is 1.96 bits per heavy atom. The van der Waals surface area contributed by atoms with Gasteiger partial charge in [0.1, 0.15) is 17.5 Å². The SMILES string of the molecule is C[C@@H]1Cc2cc(S(=O)(=O)Nc3cn(C)nc3-c3ccccc3)ccc2O1. The summed E-state index contributed by atoms with van der Waals surface area (Å²) in [6.07, 6.45) is 2.44. The largest absolute Gasteiger partial charge is 0.490 e. The Morgan fingerprint density at radius 1 is 1.19 bits per heavy atom. The van der Waals surface area contributed by atoms with Crippen LogP contribution in [0.4, 0.5) is 5.69 Å². The van der Waals surface area contributed by atoms with E-state index in [1.165, 1.54) is 0 Å². The Hall–Kier alpha value is -2.80. The van der Waals surface area contributed by atoms with Crippen LogP contribution in [0, 0.1) is 0 Å². The topological polar surface area (TPSA) is 73.2 Å². The highest BCUT2D eigenvalue weighted by Crippen LogP contribution is 2.32. The first-order valence-electron chi connectivity index (χ1n) is 8.34. The van der Waals surface area contributed by atoms with E-state index in [2.05, 4.69) is 9.82 Å². The number of fused-ring (bicyclic) bond motifs is 1. The van der Waals surface area contributed by atoms with Crippen molar-refractivity contribution in [2.24, 2.45) is 7.05 Å². The van der Waals surface area contributed by atoms with Crippen LogP contribution in [0.25, 0.3) is 11.3 Å². The third-order valence-corrected chi connectivity index (χ3v) is 5.66. The maximum Gasteiger partial charge on any atom is 0.262 e. The highest BCUT2D eigenvalue weighted by molar-refractivity contribution is 7.92. The molecule has 1 aliphatic rings. The minimum atomic E-state index is -3.73. The van der Waals surface area contributed by atoms with E-state index < -0.39 is 10.0 Å². The van der Waals surface area contributed by atoms with Crippen LogP contribution in [0.5, 0.6) is 5.75 Å². The lowest BCUT2D eigenvalue weighted by atomic mass is 10.1. The summed E-state index contributed by atoms with van der Waals surface area (Å²) in [4.78, 5) is 0.219. The number of nitrogens with zero attached hydrogens (tertiary/aromatic N) is 2. The Labute approximate surface area is 152 Å². The van der Waals surface area contributed by atoms with E-state index in [1.807, 2.05) is 37.3 Å². The van der Waals surface area contributed by atoms with Crippen LogP contribution < -0.4 is 9.46 Å². The fraction of sp³-hybridized carbons (Fsp3) is 0.211. The van der Waals surface area contributed by atoms with Crippen LogP contribution in [-0.2, 0) is 23.5 Å². The van der Waals surface area contributed by atoms with E-state index in [9.17, 15) is 8.42 Å². The molecule has 6 nitrogen and oxygen atoms in total. The van der Waals surface area contributed by atoms with E-state index in [4.69, 9.17) is 4.74 Å². The summed E-state index contributed by atoms with van der Waals surface area (Å²) in [5.41, 5.74) is 2.80. The van der Waals surface area contributed by atoms with Crippen molar-refractivity contribution in [3.05, 3.63) is 60.3 Å². The van der Waals surface area contributed by atoms with Gasteiger partial charge in [-0.05, 0) is 30.7 Å². The number of sulfonamides is 1. The average Bonchev–Trinajstić information content (AvgIpc) is 3.15. The van der Waals surface area contributed by atoms with Gasteiger partial charge in [-0.1, -0.05) is 30.3 Å². The van der Waals surface area contributed by atoms with Crippen LogP contribution in [0.1, 0.15) is 12.5 Å². The zero-order chi connectivity index (χ0) is 18.3. The first kappa shape index (κ1) is 16.7. The van der Waals surface area contributed by atoms with Gasteiger partial charge in [-0.2, -0.15) is 5.10 Å². The molecule has 1 aromatic heterocycles. The molecule has 7 heteroatoms. The number of rotatable bonds is 4. The summed E-state index contributed by atoms with van der Waals surface area (Å²) in [6.45, 7) is 1.97. The van der Waals surface area contributed by atoms with Crippen LogP contribution in [-0.4, -0.2) is 24.3 Å². The van der Waals surface area contributed by atoms with Gasteiger partial charge in [0, 0.05) is 25.2 Å². The number of aryl methyl sites for hydroxylation is 1. The third-order valence-electron chi connectivity index (χ3n) is 4.30. The summed E-state index contributed by atoms with van der Waals surface area (Å²) in [5.74, 6) is 0.753. The maximum absolute atomic E-state index is 12.9. The zero-order valence-electron chi connectivity index (χ0n) is 14.5. The molecule has 0 aliphatic carbocycles. The highest BCUT2D eigenvalue weighted by Gasteiger charge is 2.24. The summed E-state index contributed by atoms with van der Waals surface area (Å²) in [6, 6.07) is 14.5. The predicted octanol–water partition coefficient (Wildman–Crippen LogP) is 3.21. The fourth-order valence-electron chi connectivity index (χ4n) is 3.14. The van der Waals surface area contributed by atoms with E-state index >= 15 is 0 Å². The molecule has 0 saturated heterocycles. The number of benzene rings is 2. The number of anilines is 1. The maximum atomic E-state index is 12.9. The third kappa shape index (κ3) is 3.06. The number of nitrogens with one attached hydrogen (secondary N) is 1. The molecule has 1 aliphatic heterocycles. The first-order valence-corrected chi connectivity index (χ1v) is 9.82. The van der Waals surface area contributed by atoms with Crippen molar-refractivity contribution in [3.8, 4) is 17.0 Å². The number of ether oxygens (including phenoxy) is 1. The van der Waals surface area contributed by atoms with Crippen molar-refractivity contribution < 1.29 is 13.2 Å². The van der Waals surface area contributed by atoms with Crippen LogP contribution in [0.15, 0.2) is 59.6 Å². The quantitative estimate of drug-likeness (QED) is 0.766. The number of hydrogen-bond donors (Lipinski definition) is 1. The molecular weight excluding hydrogens is 350 g/mol. The molecule has 0 spiro atoms. The van der Waals surface area contributed by atoms with E-state index in [-0.39, 0.29) is 11.0 Å². The monoisotopic (exact) mass is 369 g/mol. The average molecular weight is 369 g/mol. The van der Waals surface area contributed by atoms with Gasteiger partial charge in [0.25, 0.3) is 10.0 Å². The van der Waals surface area contributed by atoms with E-state index in [0.717, 1.165) is 16.9 Å². The van der Waals surface area contributed by atoms with Gasteiger partial charge < -0.3 is 4.74 Å². The van der Waals surface area contributed by atoms with E-state index in [0.29, 0.717) is 17.8 Å². The molecule has 4 rings (SSSR count). The Kier molecular flexibility index (Phi) is 3.96. The molecule has 26 heavy (non-hydrogen) atoms. The van der Waals surface area contributed by atoms with Crippen molar-refractivity contribution >= 4 is 15.7 Å². The summed E-state index contributed by atoms with van der Waals surface area (Å²) in [5, 5.41) is 4.40. The van der Waals surface area contributed by atoms with E-state index in [1.54, 1.807) is 36.1 Å². The molecule has 0 saturated carbocycles. The standard InChI is InChI=1S/C19H19N3O3S/c1-13-10-15-11-16(8-9-18(15)25-13)26(23,24)21-17-12-22(2)20-19(17)14-6-4-3-5-7-14/h3-9,11-13,21H,10H2,1-2H3/t13-/m1/s1. The molecule has 2 aromatic carbocycles. The molecule has 0 fully saturated rings. The molecular formula is C19H19N3O3S.